The number of para-hydroxylation sites is 1. The van der Waals surface area contributed by atoms with E-state index >= 15 is 0 Å². The van der Waals surface area contributed by atoms with Crippen molar-refractivity contribution in [3.05, 3.63) is 59.7 Å². The molecule has 0 atom stereocenters. The van der Waals surface area contributed by atoms with E-state index < -0.39 is 0 Å². The van der Waals surface area contributed by atoms with Crippen LogP contribution in [0.15, 0.2) is 53.4 Å². The Morgan fingerprint density at radius 3 is 2.00 bits per heavy atom. The Kier molecular flexibility index (Phi) is 5.83. The lowest BCUT2D eigenvalue weighted by atomic mass is 10.1. The van der Waals surface area contributed by atoms with Gasteiger partial charge in [0.2, 0.25) is 0 Å². The Balaban J connectivity index is 1.71. The van der Waals surface area contributed by atoms with Gasteiger partial charge in [0, 0.05) is 31.1 Å². The summed E-state index contributed by atoms with van der Waals surface area (Å²) in [5.74, 6) is 0.465. The number of ether oxygens (including phenoxy) is 1. The Morgan fingerprint density at radius 2 is 1.38 bits per heavy atom. The van der Waals surface area contributed by atoms with Crippen LogP contribution in [-0.4, -0.2) is 54.9 Å². The minimum absolute atomic E-state index is 0.0396. The van der Waals surface area contributed by atoms with Crippen molar-refractivity contribution >= 4 is 24.4 Å². The molecular weight excluding hydrogens is 348 g/mol. The number of hydrogen-bond donors (Lipinski definition) is 1. The van der Waals surface area contributed by atoms with Crippen LogP contribution < -0.4 is 4.74 Å². The highest BCUT2D eigenvalue weighted by molar-refractivity contribution is 7.80. The molecule has 0 saturated carbocycles. The molecule has 0 spiro atoms. The first-order valence-corrected chi connectivity index (χ1v) is 9.06. The third kappa shape index (κ3) is 3.85. The van der Waals surface area contributed by atoms with Crippen LogP contribution in [0, 0.1) is 0 Å². The van der Waals surface area contributed by atoms with Crippen LogP contribution in [0.3, 0.4) is 0 Å². The lowest BCUT2D eigenvalue weighted by molar-refractivity contribution is 0.0715. The third-order valence-electron chi connectivity index (χ3n) is 4.54. The lowest BCUT2D eigenvalue weighted by Crippen LogP contribution is -2.37. The first kappa shape index (κ1) is 18.3. The molecule has 0 aromatic heterocycles. The molecule has 2 amide bonds. The van der Waals surface area contributed by atoms with Gasteiger partial charge >= 0.3 is 0 Å². The maximum atomic E-state index is 12.9. The van der Waals surface area contributed by atoms with Crippen molar-refractivity contribution in [1.82, 2.24) is 9.80 Å². The highest BCUT2D eigenvalue weighted by atomic mass is 32.1. The molecule has 0 unspecified atom stereocenters. The molecule has 136 valence electrons. The molecule has 0 N–H and O–H groups in total. The molecule has 2 aromatic rings. The largest absolute Gasteiger partial charge is 0.496 e. The van der Waals surface area contributed by atoms with Gasteiger partial charge in [-0.05, 0) is 30.7 Å². The summed E-state index contributed by atoms with van der Waals surface area (Å²) in [6.45, 7) is 2.24. The summed E-state index contributed by atoms with van der Waals surface area (Å²) in [7, 11) is 1.56. The average Bonchev–Trinajstić information content (AvgIpc) is 2.93. The SMILES string of the molecule is COc1ccccc1C(=O)N1CCCN(C(=O)c2ccccc2S)CC1. The number of amides is 2. The van der Waals surface area contributed by atoms with Crippen LogP contribution in [0.4, 0.5) is 0 Å². The zero-order valence-electron chi connectivity index (χ0n) is 14.7. The van der Waals surface area contributed by atoms with Crippen LogP contribution in [-0.2, 0) is 0 Å². The first-order chi connectivity index (χ1) is 12.6. The van der Waals surface area contributed by atoms with Gasteiger partial charge in [0.25, 0.3) is 11.8 Å². The number of nitrogens with zero attached hydrogens (tertiary/aromatic N) is 2. The first-order valence-electron chi connectivity index (χ1n) is 8.61. The van der Waals surface area contributed by atoms with Gasteiger partial charge < -0.3 is 14.5 Å². The van der Waals surface area contributed by atoms with E-state index in [1.807, 2.05) is 30.3 Å². The third-order valence-corrected chi connectivity index (χ3v) is 4.93. The Bertz CT molecular complexity index is 809. The molecule has 1 aliphatic rings. The summed E-state index contributed by atoms with van der Waals surface area (Å²) < 4.78 is 5.30. The molecule has 3 rings (SSSR count). The number of benzene rings is 2. The quantitative estimate of drug-likeness (QED) is 0.845. The summed E-state index contributed by atoms with van der Waals surface area (Å²) in [5, 5.41) is 0. The predicted molar refractivity (Wildman–Crippen MR) is 103 cm³/mol. The van der Waals surface area contributed by atoms with Gasteiger partial charge in [-0.25, -0.2) is 0 Å². The fourth-order valence-corrected chi connectivity index (χ4v) is 3.40. The van der Waals surface area contributed by atoms with Gasteiger partial charge in [0.1, 0.15) is 5.75 Å². The summed E-state index contributed by atoms with van der Waals surface area (Å²) >= 11 is 4.38. The number of hydrogen-bond acceptors (Lipinski definition) is 4. The van der Waals surface area contributed by atoms with E-state index in [0.717, 1.165) is 6.42 Å². The number of thiol groups is 1. The van der Waals surface area contributed by atoms with Gasteiger partial charge in [-0.15, -0.1) is 12.6 Å². The summed E-state index contributed by atoms with van der Waals surface area (Å²) in [6.07, 6.45) is 0.737. The molecule has 1 heterocycles. The second kappa shape index (κ2) is 8.27. The van der Waals surface area contributed by atoms with Crippen molar-refractivity contribution in [2.75, 3.05) is 33.3 Å². The van der Waals surface area contributed by atoms with E-state index in [9.17, 15) is 9.59 Å². The molecule has 2 aromatic carbocycles. The van der Waals surface area contributed by atoms with Gasteiger partial charge in [-0.1, -0.05) is 24.3 Å². The van der Waals surface area contributed by atoms with E-state index in [4.69, 9.17) is 4.74 Å². The summed E-state index contributed by atoms with van der Waals surface area (Å²) in [5.41, 5.74) is 1.15. The minimum atomic E-state index is -0.0636. The van der Waals surface area contributed by atoms with Crippen LogP contribution in [0.25, 0.3) is 0 Å². The molecule has 0 radical (unpaired) electrons. The summed E-state index contributed by atoms with van der Waals surface area (Å²) in [6, 6.07) is 14.5. The molecule has 1 saturated heterocycles. The molecule has 0 bridgehead atoms. The molecule has 1 fully saturated rings. The maximum absolute atomic E-state index is 12.9. The number of carbonyl (C=O) groups is 2. The van der Waals surface area contributed by atoms with Gasteiger partial charge in [-0.3, -0.25) is 9.59 Å². The minimum Gasteiger partial charge on any atom is -0.496 e. The Hall–Kier alpha value is -2.47. The second-order valence-corrected chi connectivity index (χ2v) is 6.64. The molecule has 5 nitrogen and oxygen atoms in total. The number of methoxy groups -OCH3 is 1. The monoisotopic (exact) mass is 370 g/mol. The van der Waals surface area contributed by atoms with Crippen molar-refractivity contribution in [1.29, 1.82) is 0 Å². The number of carbonyl (C=O) groups excluding carboxylic acids is 2. The van der Waals surface area contributed by atoms with Crippen LogP contribution >= 0.6 is 12.6 Å². The summed E-state index contributed by atoms with van der Waals surface area (Å²) in [4.78, 5) is 29.9. The average molecular weight is 370 g/mol. The van der Waals surface area contributed by atoms with E-state index in [-0.39, 0.29) is 11.8 Å². The molecule has 0 aliphatic carbocycles. The lowest BCUT2D eigenvalue weighted by Gasteiger charge is -2.23. The van der Waals surface area contributed by atoms with Crippen LogP contribution in [0.1, 0.15) is 27.1 Å². The van der Waals surface area contributed by atoms with Crippen molar-refractivity contribution < 1.29 is 14.3 Å². The number of rotatable bonds is 3. The fourth-order valence-electron chi connectivity index (χ4n) is 3.14. The van der Waals surface area contributed by atoms with E-state index in [2.05, 4.69) is 12.6 Å². The van der Waals surface area contributed by atoms with Crippen molar-refractivity contribution in [3.8, 4) is 5.75 Å². The predicted octanol–water partition coefficient (Wildman–Crippen LogP) is 2.97. The molecular formula is C20H22N2O3S. The van der Waals surface area contributed by atoms with Gasteiger partial charge in [-0.2, -0.15) is 0 Å². The standard InChI is InChI=1S/C20H22N2O3S/c1-25-17-9-4-2-7-15(17)19(23)21-11-6-12-22(14-13-21)20(24)16-8-3-5-10-18(16)26/h2-5,7-10,26H,6,11-14H2,1H3. The van der Waals surface area contributed by atoms with E-state index in [1.165, 1.54) is 0 Å². The zero-order chi connectivity index (χ0) is 18.5. The smallest absolute Gasteiger partial charge is 0.257 e. The molecule has 1 aliphatic heterocycles. The van der Waals surface area contributed by atoms with Crippen LogP contribution in [0.2, 0.25) is 0 Å². The highest BCUT2D eigenvalue weighted by Gasteiger charge is 2.25. The fraction of sp³-hybridized carbons (Fsp3) is 0.300. The molecule has 26 heavy (non-hydrogen) atoms. The highest BCUT2D eigenvalue weighted by Crippen LogP contribution is 2.21. The maximum Gasteiger partial charge on any atom is 0.257 e. The van der Waals surface area contributed by atoms with E-state index in [0.29, 0.717) is 48.0 Å². The van der Waals surface area contributed by atoms with Crippen molar-refractivity contribution in [2.24, 2.45) is 0 Å². The Morgan fingerprint density at radius 1 is 0.846 bits per heavy atom. The Labute approximate surface area is 159 Å². The van der Waals surface area contributed by atoms with E-state index in [1.54, 1.807) is 35.1 Å². The van der Waals surface area contributed by atoms with Gasteiger partial charge in [0.15, 0.2) is 0 Å². The normalized spacial score (nSPS) is 14.7. The van der Waals surface area contributed by atoms with Crippen LogP contribution in [0.5, 0.6) is 5.75 Å². The van der Waals surface area contributed by atoms with Crippen molar-refractivity contribution in [2.45, 2.75) is 11.3 Å². The van der Waals surface area contributed by atoms with Gasteiger partial charge in [0.05, 0.1) is 18.2 Å². The zero-order valence-corrected chi connectivity index (χ0v) is 15.6. The topological polar surface area (TPSA) is 49.9 Å². The molecule has 6 heteroatoms. The van der Waals surface area contributed by atoms with Crippen molar-refractivity contribution in [3.63, 3.8) is 0 Å². The second-order valence-electron chi connectivity index (χ2n) is 6.16.